The smallest absolute Gasteiger partial charge is 0.239 e. The molecule has 2 atom stereocenters. The molecule has 1 unspecified atom stereocenters. The predicted molar refractivity (Wildman–Crippen MR) is 52.3 cm³/mol. The molecule has 0 aliphatic carbocycles. The number of carbonyl (C=O) groups excluding carboxylic acids is 1. The highest BCUT2D eigenvalue weighted by molar-refractivity contribution is 5.81. The molecule has 0 aromatic carbocycles. The van der Waals surface area contributed by atoms with Crippen molar-refractivity contribution in [3.8, 4) is 0 Å². The second-order valence-corrected chi connectivity index (χ2v) is 3.98. The van der Waals surface area contributed by atoms with Crippen LogP contribution in [0.3, 0.4) is 0 Å². The zero-order valence-corrected chi connectivity index (χ0v) is 8.66. The summed E-state index contributed by atoms with van der Waals surface area (Å²) in [4.78, 5) is 15.5. The fraction of sp³-hybridized carbons (Fsp3) is 0.889. The Balaban J connectivity index is 2.45. The first-order chi connectivity index (χ1) is 6.02. The zero-order chi connectivity index (χ0) is 10.0. The van der Waals surface area contributed by atoms with Crippen LogP contribution in [0.5, 0.6) is 0 Å². The molecule has 4 nitrogen and oxygen atoms in total. The number of likely N-dealkylation sites (tertiary alicyclic amines) is 1. The monoisotopic (exact) mass is 185 g/mol. The van der Waals surface area contributed by atoms with Crippen LogP contribution in [0.2, 0.25) is 0 Å². The van der Waals surface area contributed by atoms with Crippen molar-refractivity contribution in [2.75, 3.05) is 27.2 Å². The Morgan fingerprint density at radius 2 is 2.23 bits per heavy atom. The molecule has 0 bridgehead atoms. The third-order valence-electron chi connectivity index (χ3n) is 2.59. The summed E-state index contributed by atoms with van der Waals surface area (Å²) in [5.74, 6) is 0.0735. The topological polar surface area (TPSA) is 49.6 Å². The van der Waals surface area contributed by atoms with Crippen LogP contribution in [-0.2, 0) is 4.79 Å². The maximum Gasteiger partial charge on any atom is 0.239 e. The Bertz CT molecular complexity index is 191. The summed E-state index contributed by atoms with van der Waals surface area (Å²) in [7, 11) is 4.09. The van der Waals surface area contributed by atoms with E-state index in [0.29, 0.717) is 6.04 Å². The van der Waals surface area contributed by atoms with E-state index in [1.807, 2.05) is 19.0 Å². The first-order valence-electron chi connectivity index (χ1n) is 4.73. The molecule has 1 rings (SSSR count). The SMILES string of the molecule is C[C@H](N)C(=O)N1CCC(N(C)C)C1. The molecular formula is C9H19N3O. The standard InChI is InChI=1S/C9H19N3O/c1-7(10)9(13)12-5-4-8(6-12)11(2)3/h7-8H,4-6,10H2,1-3H3/t7-,8?/m0/s1. The Morgan fingerprint density at radius 1 is 1.62 bits per heavy atom. The molecule has 0 aromatic heterocycles. The molecule has 1 amide bonds. The molecule has 2 N–H and O–H groups in total. The average Bonchev–Trinajstić information content (AvgIpc) is 2.50. The molecule has 1 saturated heterocycles. The largest absolute Gasteiger partial charge is 0.340 e. The fourth-order valence-electron chi connectivity index (χ4n) is 1.65. The molecule has 13 heavy (non-hydrogen) atoms. The molecule has 0 radical (unpaired) electrons. The van der Waals surface area contributed by atoms with E-state index in [0.717, 1.165) is 19.5 Å². The van der Waals surface area contributed by atoms with Crippen molar-refractivity contribution in [2.24, 2.45) is 5.73 Å². The lowest BCUT2D eigenvalue weighted by atomic mass is 10.2. The van der Waals surface area contributed by atoms with Gasteiger partial charge in [-0.3, -0.25) is 4.79 Å². The van der Waals surface area contributed by atoms with Gasteiger partial charge in [0.2, 0.25) is 5.91 Å². The minimum Gasteiger partial charge on any atom is -0.340 e. The Morgan fingerprint density at radius 3 is 2.62 bits per heavy atom. The molecule has 0 saturated carbocycles. The summed E-state index contributed by atoms with van der Waals surface area (Å²) < 4.78 is 0. The first kappa shape index (κ1) is 10.5. The average molecular weight is 185 g/mol. The van der Waals surface area contributed by atoms with Crippen LogP contribution >= 0.6 is 0 Å². The third-order valence-corrected chi connectivity index (χ3v) is 2.59. The van der Waals surface area contributed by atoms with Gasteiger partial charge in [0.1, 0.15) is 0 Å². The summed E-state index contributed by atoms with van der Waals surface area (Å²) in [5, 5.41) is 0. The number of hydrogen-bond acceptors (Lipinski definition) is 3. The zero-order valence-electron chi connectivity index (χ0n) is 8.66. The highest BCUT2D eigenvalue weighted by atomic mass is 16.2. The number of nitrogens with zero attached hydrogens (tertiary/aromatic N) is 2. The van der Waals surface area contributed by atoms with Crippen molar-refractivity contribution in [2.45, 2.75) is 25.4 Å². The molecular weight excluding hydrogens is 166 g/mol. The highest BCUT2D eigenvalue weighted by Crippen LogP contribution is 2.13. The van der Waals surface area contributed by atoms with Gasteiger partial charge in [-0.2, -0.15) is 0 Å². The van der Waals surface area contributed by atoms with E-state index in [9.17, 15) is 4.79 Å². The van der Waals surface area contributed by atoms with Crippen LogP contribution in [0.15, 0.2) is 0 Å². The van der Waals surface area contributed by atoms with Gasteiger partial charge in [0, 0.05) is 19.1 Å². The van der Waals surface area contributed by atoms with Gasteiger partial charge in [0.15, 0.2) is 0 Å². The number of carbonyl (C=O) groups is 1. The minimum atomic E-state index is -0.360. The maximum atomic E-state index is 11.5. The van der Waals surface area contributed by atoms with E-state index in [1.54, 1.807) is 6.92 Å². The van der Waals surface area contributed by atoms with Gasteiger partial charge < -0.3 is 15.5 Å². The van der Waals surface area contributed by atoms with Gasteiger partial charge in [0.05, 0.1) is 6.04 Å². The van der Waals surface area contributed by atoms with Crippen LogP contribution in [-0.4, -0.2) is 55.0 Å². The van der Waals surface area contributed by atoms with Gasteiger partial charge in [-0.25, -0.2) is 0 Å². The molecule has 4 heteroatoms. The third kappa shape index (κ3) is 2.42. The molecule has 76 valence electrons. The quantitative estimate of drug-likeness (QED) is 0.631. The molecule has 0 spiro atoms. The lowest BCUT2D eigenvalue weighted by Crippen LogP contribution is -2.42. The molecule has 1 aliphatic heterocycles. The summed E-state index contributed by atoms with van der Waals surface area (Å²) in [6.45, 7) is 3.42. The van der Waals surface area contributed by atoms with Crippen molar-refractivity contribution >= 4 is 5.91 Å². The van der Waals surface area contributed by atoms with Gasteiger partial charge in [-0.1, -0.05) is 0 Å². The Hall–Kier alpha value is -0.610. The lowest BCUT2D eigenvalue weighted by Gasteiger charge is -2.21. The van der Waals surface area contributed by atoms with Crippen LogP contribution < -0.4 is 5.73 Å². The number of hydrogen-bond donors (Lipinski definition) is 1. The van der Waals surface area contributed by atoms with Crippen LogP contribution in [0, 0.1) is 0 Å². The molecule has 0 aromatic rings. The fourth-order valence-corrected chi connectivity index (χ4v) is 1.65. The summed E-state index contributed by atoms with van der Waals surface area (Å²) in [6.07, 6.45) is 1.06. The Labute approximate surface area is 79.7 Å². The van der Waals surface area contributed by atoms with Gasteiger partial charge in [-0.05, 0) is 27.4 Å². The van der Waals surface area contributed by atoms with Gasteiger partial charge in [-0.15, -0.1) is 0 Å². The number of nitrogens with two attached hydrogens (primary N) is 1. The summed E-state index contributed by atoms with van der Waals surface area (Å²) >= 11 is 0. The highest BCUT2D eigenvalue weighted by Gasteiger charge is 2.28. The second-order valence-electron chi connectivity index (χ2n) is 3.98. The van der Waals surface area contributed by atoms with Crippen LogP contribution in [0.25, 0.3) is 0 Å². The van der Waals surface area contributed by atoms with E-state index in [2.05, 4.69) is 4.90 Å². The predicted octanol–water partition coefficient (Wildman–Crippen LogP) is -0.504. The lowest BCUT2D eigenvalue weighted by molar-refractivity contribution is -0.131. The van der Waals surface area contributed by atoms with Crippen molar-refractivity contribution in [3.63, 3.8) is 0 Å². The van der Waals surface area contributed by atoms with Crippen LogP contribution in [0.1, 0.15) is 13.3 Å². The van der Waals surface area contributed by atoms with Crippen molar-refractivity contribution in [1.29, 1.82) is 0 Å². The minimum absolute atomic E-state index is 0.0735. The van der Waals surface area contributed by atoms with Crippen LogP contribution in [0.4, 0.5) is 0 Å². The normalized spacial score (nSPS) is 25.3. The molecule has 1 aliphatic rings. The summed E-state index contributed by atoms with van der Waals surface area (Å²) in [5.41, 5.74) is 5.53. The Kier molecular flexibility index (Phi) is 3.27. The summed E-state index contributed by atoms with van der Waals surface area (Å²) in [6, 6.07) is 0.142. The van der Waals surface area contributed by atoms with E-state index in [4.69, 9.17) is 5.73 Å². The molecule has 1 heterocycles. The van der Waals surface area contributed by atoms with Crippen molar-refractivity contribution in [1.82, 2.24) is 9.80 Å². The van der Waals surface area contributed by atoms with E-state index >= 15 is 0 Å². The van der Waals surface area contributed by atoms with E-state index in [1.165, 1.54) is 0 Å². The second kappa shape index (κ2) is 4.07. The van der Waals surface area contributed by atoms with Crippen molar-refractivity contribution in [3.05, 3.63) is 0 Å². The van der Waals surface area contributed by atoms with Crippen molar-refractivity contribution < 1.29 is 4.79 Å². The van der Waals surface area contributed by atoms with Gasteiger partial charge >= 0.3 is 0 Å². The number of likely N-dealkylation sites (N-methyl/N-ethyl adjacent to an activating group) is 1. The molecule has 1 fully saturated rings. The number of amides is 1. The first-order valence-corrected chi connectivity index (χ1v) is 4.73. The number of rotatable bonds is 2. The van der Waals surface area contributed by atoms with E-state index < -0.39 is 0 Å². The van der Waals surface area contributed by atoms with Gasteiger partial charge in [0.25, 0.3) is 0 Å². The maximum absolute atomic E-state index is 11.5. The van der Waals surface area contributed by atoms with E-state index in [-0.39, 0.29) is 11.9 Å².